The Hall–Kier alpha value is -2.38. The van der Waals surface area contributed by atoms with E-state index in [0.29, 0.717) is 37.1 Å². The molecule has 7 heteroatoms. The summed E-state index contributed by atoms with van der Waals surface area (Å²) in [5, 5.41) is 0.994. The van der Waals surface area contributed by atoms with E-state index in [4.69, 9.17) is 13.9 Å². The van der Waals surface area contributed by atoms with Gasteiger partial charge >= 0.3 is 5.63 Å². The molecule has 1 aromatic carbocycles. The van der Waals surface area contributed by atoms with Gasteiger partial charge in [0.25, 0.3) is 5.91 Å². The van der Waals surface area contributed by atoms with Crippen LogP contribution in [0, 0.1) is 6.92 Å². The van der Waals surface area contributed by atoms with Crippen molar-refractivity contribution in [1.29, 1.82) is 0 Å². The standard InChI is InChI=1S/C24H30N2O5/c1-15-12-29-13-17-11-25(9-10-26(15)17)22(27)14-30-21-8-7-19-18-5-3-4-6-20(18)24(28)31-23(19)16(21)2/h7-8,15,17H,3-6,9-14H2,1-2H3/t15-,17+/m0/s1. The van der Waals surface area contributed by atoms with E-state index < -0.39 is 0 Å². The molecule has 3 aliphatic rings. The average molecular weight is 427 g/mol. The highest BCUT2D eigenvalue weighted by Crippen LogP contribution is 2.32. The second kappa shape index (κ2) is 8.28. The molecule has 0 unspecified atom stereocenters. The number of aryl methyl sites for hydroxylation is 2. The SMILES string of the molecule is Cc1c(OCC(=O)N2CCN3[C@@H](COC[C@@H]3C)C2)ccc2c3c(c(=O)oc12)CCCC3. The van der Waals surface area contributed by atoms with E-state index in [1.54, 1.807) is 0 Å². The van der Waals surface area contributed by atoms with E-state index in [9.17, 15) is 9.59 Å². The average Bonchev–Trinajstić information content (AvgIpc) is 2.79. The predicted octanol–water partition coefficient (Wildman–Crippen LogP) is 2.29. The Kier molecular flexibility index (Phi) is 5.48. The van der Waals surface area contributed by atoms with Gasteiger partial charge in [0.05, 0.1) is 19.3 Å². The molecule has 3 heterocycles. The molecule has 166 valence electrons. The van der Waals surface area contributed by atoms with Crippen LogP contribution in [0.4, 0.5) is 0 Å². The van der Waals surface area contributed by atoms with Gasteiger partial charge in [-0.15, -0.1) is 0 Å². The number of morpholine rings is 1. The molecule has 0 bridgehead atoms. The Balaban J connectivity index is 1.30. The summed E-state index contributed by atoms with van der Waals surface area (Å²) in [6.45, 7) is 7.71. The van der Waals surface area contributed by atoms with Crippen LogP contribution < -0.4 is 10.4 Å². The van der Waals surface area contributed by atoms with E-state index in [2.05, 4.69) is 11.8 Å². The van der Waals surface area contributed by atoms with Gasteiger partial charge in [0.15, 0.2) is 6.61 Å². The third-order valence-corrected chi connectivity index (χ3v) is 7.06. The Labute approximate surface area is 181 Å². The zero-order valence-electron chi connectivity index (χ0n) is 18.3. The van der Waals surface area contributed by atoms with E-state index in [0.717, 1.165) is 60.9 Å². The lowest BCUT2D eigenvalue weighted by Gasteiger charge is -2.46. The van der Waals surface area contributed by atoms with E-state index in [1.807, 2.05) is 24.0 Å². The highest BCUT2D eigenvalue weighted by molar-refractivity contribution is 5.86. The van der Waals surface area contributed by atoms with Crippen LogP contribution >= 0.6 is 0 Å². The molecule has 0 radical (unpaired) electrons. The Bertz CT molecular complexity index is 1060. The van der Waals surface area contributed by atoms with Gasteiger partial charge in [-0.05, 0) is 57.2 Å². The topological polar surface area (TPSA) is 72.2 Å². The number of ether oxygens (including phenoxy) is 2. The van der Waals surface area contributed by atoms with Gasteiger partial charge in [0, 0.05) is 42.2 Å². The van der Waals surface area contributed by atoms with Crippen molar-refractivity contribution in [3.63, 3.8) is 0 Å². The zero-order valence-corrected chi connectivity index (χ0v) is 18.3. The second-order valence-electron chi connectivity index (χ2n) is 9.03. The van der Waals surface area contributed by atoms with Gasteiger partial charge in [-0.3, -0.25) is 9.69 Å². The van der Waals surface area contributed by atoms with Crippen molar-refractivity contribution in [3.8, 4) is 5.75 Å². The predicted molar refractivity (Wildman–Crippen MR) is 117 cm³/mol. The molecule has 2 aliphatic heterocycles. The van der Waals surface area contributed by atoms with Crippen LogP contribution in [-0.4, -0.2) is 67.2 Å². The Morgan fingerprint density at radius 1 is 1.16 bits per heavy atom. The quantitative estimate of drug-likeness (QED) is 0.702. The summed E-state index contributed by atoms with van der Waals surface area (Å²) in [4.78, 5) is 29.6. The van der Waals surface area contributed by atoms with Gasteiger partial charge < -0.3 is 18.8 Å². The first-order chi connectivity index (χ1) is 15.0. The summed E-state index contributed by atoms with van der Waals surface area (Å²) >= 11 is 0. The van der Waals surface area contributed by atoms with Crippen molar-refractivity contribution in [3.05, 3.63) is 39.2 Å². The fourth-order valence-corrected chi connectivity index (χ4v) is 5.31. The maximum Gasteiger partial charge on any atom is 0.339 e. The van der Waals surface area contributed by atoms with Crippen molar-refractivity contribution in [2.24, 2.45) is 0 Å². The largest absolute Gasteiger partial charge is 0.483 e. The number of fused-ring (bicyclic) bond motifs is 4. The number of amides is 1. The highest BCUT2D eigenvalue weighted by atomic mass is 16.5. The fourth-order valence-electron chi connectivity index (χ4n) is 5.31. The maximum atomic E-state index is 12.8. The number of nitrogens with zero attached hydrogens (tertiary/aromatic N) is 2. The summed E-state index contributed by atoms with van der Waals surface area (Å²) in [5.74, 6) is 0.567. The third kappa shape index (κ3) is 3.74. The molecule has 0 spiro atoms. The second-order valence-corrected chi connectivity index (χ2v) is 9.03. The molecule has 5 rings (SSSR count). The number of benzene rings is 1. The number of carbonyl (C=O) groups excluding carboxylic acids is 1. The van der Waals surface area contributed by atoms with Gasteiger partial charge in [-0.1, -0.05) is 0 Å². The maximum absolute atomic E-state index is 12.8. The van der Waals surface area contributed by atoms with Crippen molar-refractivity contribution >= 4 is 16.9 Å². The summed E-state index contributed by atoms with van der Waals surface area (Å²) in [5.41, 5.74) is 3.06. The van der Waals surface area contributed by atoms with Crippen LogP contribution in [0.2, 0.25) is 0 Å². The van der Waals surface area contributed by atoms with Gasteiger partial charge in [-0.2, -0.15) is 0 Å². The van der Waals surface area contributed by atoms with Crippen LogP contribution in [0.3, 0.4) is 0 Å². The number of hydrogen-bond acceptors (Lipinski definition) is 6. The molecule has 1 aromatic heterocycles. The van der Waals surface area contributed by atoms with Crippen molar-refractivity contribution in [1.82, 2.24) is 9.80 Å². The van der Waals surface area contributed by atoms with Crippen LogP contribution in [0.1, 0.15) is 36.5 Å². The van der Waals surface area contributed by atoms with Gasteiger partial charge in [0.2, 0.25) is 0 Å². The molecule has 2 fully saturated rings. The summed E-state index contributed by atoms with van der Waals surface area (Å²) in [7, 11) is 0. The fraction of sp³-hybridized carbons (Fsp3) is 0.583. The molecule has 1 amide bonds. The molecule has 1 aliphatic carbocycles. The van der Waals surface area contributed by atoms with Gasteiger partial charge in [0.1, 0.15) is 11.3 Å². The summed E-state index contributed by atoms with van der Waals surface area (Å²) in [6.07, 6.45) is 3.82. The molecular weight excluding hydrogens is 396 g/mol. The molecule has 0 saturated carbocycles. The molecule has 2 atom stereocenters. The van der Waals surface area contributed by atoms with Gasteiger partial charge in [-0.25, -0.2) is 4.79 Å². The highest BCUT2D eigenvalue weighted by Gasteiger charge is 2.35. The lowest BCUT2D eigenvalue weighted by atomic mass is 9.90. The summed E-state index contributed by atoms with van der Waals surface area (Å²) in [6, 6.07) is 4.51. The van der Waals surface area contributed by atoms with Crippen LogP contribution in [-0.2, 0) is 22.4 Å². The molecule has 2 saturated heterocycles. The van der Waals surface area contributed by atoms with E-state index in [1.165, 1.54) is 0 Å². The molecular formula is C24H30N2O5. The van der Waals surface area contributed by atoms with Crippen LogP contribution in [0.5, 0.6) is 5.75 Å². The number of carbonyl (C=O) groups is 1. The normalized spacial score (nSPS) is 24.0. The minimum Gasteiger partial charge on any atom is -0.483 e. The monoisotopic (exact) mass is 426 g/mol. The van der Waals surface area contributed by atoms with E-state index >= 15 is 0 Å². The molecule has 7 nitrogen and oxygen atoms in total. The van der Waals surface area contributed by atoms with Crippen molar-refractivity contribution < 1.29 is 18.7 Å². The molecule has 0 N–H and O–H groups in total. The third-order valence-electron chi connectivity index (χ3n) is 7.06. The van der Waals surface area contributed by atoms with Crippen LogP contribution in [0.25, 0.3) is 11.0 Å². The van der Waals surface area contributed by atoms with Crippen LogP contribution in [0.15, 0.2) is 21.3 Å². The smallest absolute Gasteiger partial charge is 0.339 e. The molecule has 2 aromatic rings. The first kappa shape index (κ1) is 20.5. The van der Waals surface area contributed by atoms with E-state index in [-0.39, 0.29) is 24.2 Å². The molecule has 31 heavy (non-hydrogen) atoms. The lowest BCUT2D eigenvalue weighted by Crippen LogP contribution is -2.62. The first-order valence-corrected chi connectivity index (χ1v) is 11.3. The van der Waals surface area contributed by atoms with Crippen molar-refractivity contribution in [2.75, 3.05) is 39.5 Å². The first-order valence-electron chi connectivity index (χ1n) is 11.3. The summed E-state index contributed by atoms with van der Waals surface area (Å²) < 4.78 is 17.2. The zero-order chi connectivity index (χ0) is 21.5. The number of piperazine rings is 1. The minimum absolute atomic E-state index is 0.0232. The number of hydrogen-bond donors (Lipinski definition) is 0. The minimum atomic E-state index is -0.236. The Morgan fingerprint density at radius 3 is 2.81 bits per heavy atom. The Morgan fingerprint density at radius 2 is 1.97 bits per heavy atom. The lowest BCUT2D eigenvalue weighted by molar-refractivity contribution is -0.141. The number of rotatable bonds is 3. The van der Waals surface area contributed by atoms with Crippen molar-refractivity contribution in [2.45, 2.75) is 51.6 Å².